The predicted molar refractivity (Wildman–Crippen MR) is 120 cm³/mol. The third-order valence-electron chi connectivity index (χ3n) is 6.76. The second-order valence-electron chi connectivity index (χ2n) is 8.25. The van der Waals surface area contributed by atoms with E-state index in [9.17, 15) is 14.7 Å². The highest BCUT2D eigenvalue weighted by Gasteiger charge is 2.78. The molecule has 2 aromatic carbocycles. The Kier molecular flexibility index (Phi) is 5.06. The minimum atomic E-state index is -2.26. The van der Waals surface area contributed by atoms with Gasteiger partial charge in [-0.2, -0.15) is 0 Å². The number of benzene rings is 2. The molecule has 1 aliphatic carbocycles. The number of nitrogens with zero attached hydrogens (tertiary/aromatic N) is 1. The van der Waals surface area contributed by atoms with E-state index in [2.05, 4.69) is 4.98 Å². The van der Waals surface area contributed by atoms with E-state index in [0.717, 1.165) is 0 Å². The van der Waals surface area contributed by atoms with Crippen LogP contribution in [-0.4, -0.2) is 43.2 Å². The monoisotopic (exact) mass is 461 g/mol. The third-order valence-corrected chi connectivity index (χ3v) is 6.76. The molecule has 1 fully saturated rings. The van der Waals surface area contributed by atoms with Crippen LogP contribution in [0.2, 0.25) is 0 Å². The predicted octanol–water partition coefficient (Wildman–Crippen LogP) is 2.73. The average Bonchev–Trinajstić information content (AvgIpc) is 3.26. The highest BCUT2D eigenvalue weighted by atomic mass is 16.5. The third kappa shape index (κ3) is 2.72. The molecule has 0 unspecified atom stereocenters. The number of rotatable bonds is 5. The molecule has 174 valence electrons. The number of carbonyl (C=O) groups is 2. The smallest absolute Gasteiger partial charge is 0.317 e. The first kappa shape index (κ1) is 21.9. The fourth-order valence-corrected chi connectivity index (χ4v) is 5.25. The van der Waals surface area contributed by atoms with Gasteiger partial charge in [-0.3, -0.25) is 9.59 Å². The number of methoxy groups -OCH3 is 3. The van der Waals surface area contributed by atoms with Crippen LogP contribution in [0.5, 0.6) is 17.2 Å². The molecule has 1 aliphatic heterocycles. The molecule has 0 bridgehead atoms. The van der Waals surface area contributed by atoms with Crippen molar-refractivity contribution in [2.75, 3.05) is 21.3 Å². The normalized spacial score (nSPS) is 26.9. The second-order valence-corrected chi connectivity index (χ2v) is 8.25. The van der Waals surface area contributed by atoms with Gasteiger partial charge >= 0.3 is 5.97 Å². The fourth-order valence-electron chi connectivity index (χ4n) is 5.25. The van der Waals surface area contributed by atoms with E-state index in [0.29, 0.717) is 22.6 Å². The second kappa shape index (κ2) is 7.85. The van der Waals surface area contributed by atoms with Crippen molar-refractivity contribution in [1.82, 2.24) is 4.98 Å². The molecule has 0 saturated heterocycles. The van der Waals surface area contributed by atoms with Crippen LogP contribution in [0.25, 0.3) is 0 Å². The molecular weight excluding hydrogens is 438 g/mol. The number of esters is 1. The molecule has 0 amide bonds. The van der Waals surface area contributed by atoms with Crippen molar-refractivity contribution in [3.63, 3.8) is 0 Å². The van der Waals surface area contributed by atoms with Crippen LogP contribution in [0.1, 0.15) is 22.7 Å². The highest BCUT2D eigenvalue weighted by molar-refractivity contribution is 6.09. The molecule has 5 rings (SSSR count). The SMILES string of the molecule is COC(=O)[C@H]1C(=O)[C@@]2(O)c3ncc(OC)cc3O[C@@]2(c2ccc(OC)cc2)[C@@H]1c1ccccc1. The van der Waals surface area contributed by atoms with Crippen molar-refractivity contribution < 1.29 is 33.6 Å². The molecular formula is C26H23NO7. The number of ketones is 1. The van der Waals surface area contributed by atoms with Crippen LogP contribution in [0.15, 0.2) is 66.9 Å². The first-order valence-electron chi connectivity index (χ1n) is 10.7. The van der Waals surface area contributed by atoms with E-state index < -0.39 is 34.8 Å². The Labute approximate surface area is 196 Å². The van der Waals surface area contributed by atoms with Crippen molar-refractivity contribution >= 4 is 11.8 Å². The minimum Gasteiger partial charge on any atom is -0.497 e. The lowest BCUT2D eigenvalue weighted by atomic mass is 9.71. The number of ether oxygens (including phenoxy) is 4. The maximum absolute atomic E-state index is 14.0. The number of hydrogen-bond donors (Lipinski definition) is 1. The van der Waals surface area contributed by atoms with E-state index in [1.807, 2.05) is 6.07 Å². The van der Waals surface area contributed by atoms with Crippen LogP contribution in [0.3, 0.4) is 0 Å². The number of aliphatic hydroxyl groups is 1. The van der Waals surface area contributed by atoms with Gasteiger partial charge in [-0.15, -0.1) is 0 Å². The number of aromatic nitrogens is 1. The summed E-state index contributed by atoms with van der Waals surface area (Å²) in [6.07, 6.45) is 1.40. The Hall–Kier alpha value is -3.91. The zero-order valence-electron chi connectivity index (χ0n) is 18.8. The van der Waals surface area contributed by atoms with Crippen molar-refractivity contribution in [2.24, 2.45) is 5.92 Å². The Morgan fingerprint density at radius 3 is 2.29 bits per heavy atom. The van der Waals surface area contributed by atoms with Crippen molar-refractivity contribution in [3.8, 4) is 17.2 Å². The number of pyridine rings is 1. The summed E-state index contributed by atoms with van der Waals surface area (Å²) in [5.41, 5.74) is -2.80. The Balaban J connectivity index is 1.85. The summed E-state index contributed by atoms with van der Waals surface area (Å²) in [5.74, 6) is -2.53. The molecule has 34 heavy (non-hydrogen) atoms. The maximum atomic E-state index is 14.0. The molecule has 4 atom stereocenters. The lowest BCUT2D eigenvalue weighted by Crippen LogP contribution is -2.51. The van der Waals surface area contributed by atoms with E-state index in [1.54, 1.807) is 61.7 Å². The van der Waals surface area contributed by atoms with Gasteiger partial charge in [-0.25, -0.2) is 4.98 Å². The number of hydrogen-bond acceptors (Lipinski definition) is 8. The molecule has 8 nitrogen and oxygen atoms in total. The molecule has 2 heterocycles. The van der Waals surface area contributed by atoms with E-state index in [1.165, 1.54) is 20.4 Å². The first-order valence-corrected chi connectivity index (χ1v) is 10.7. The zero-order valence-corrected chi connectivity index (χ0v) is 18.8. The minimum absolute atomic E-state index is 0.0291. The summed E-state index contributed by atoms with van der Waals surface area (Å²) in [7, 11) is 4.24. The molecule has 1 N–H and O–H groups in total. The zero-order chi connectivity index (χ0) is 24.1. The Morgan fingerprint density at radius 1 is 1.00 bits per heavy atom. The molecule has 1 aromatic heterocycles. The lowest BCUT2D eigenvalue weighted by molar-refractivity contribution is -0.155. The largest absolute Gasteiger partial charge is 0.497 e. The van der Waals surface area contributed by atoms with E-state index >= 15 is 0 Å². The van der Waals surface area contributed by atoms with Crippen molar-refractivity contribution in [2.45, 2.75) is 17.1 Å². The quantitative estimate of drug-likeness (QED) is 0.457. The van der Waals surface area contributed by atoms with Crippen LogP contribution in [0, 0.1) is 5.92 Å². The first-order chi connectivity index (χ1) is 16.4. The molecule has 0 radical (unpaired) electrons. The summed E-state index contributed by atoms with van der Waals surface area (Å²) < 4.78 is 22.1. The Morgan fingerprint density at radius 2 is 1.68 bits per heavy atom. The summed E-state index contributed by atoms with van der Waals surface area (Å²) in [5, 5.41) is 12.3. The lowest BCUT2D eigenvalue weighted by Gasteiger charge is -2.39. The molecule has 1 saturated carbocycles. The summed E-state index contributed by atoms with van der Waals surface area (Å²) >= 11 is 0. The van der Waals surface area contributed by atoms with Crippen LogP contribution in [0.4, 0.5) is 0 Å². The number of carbonyl (C=O) groups excluding carboxylic acids is 2. The molecule has 8 heteroatoms. The standard InChI is InChI=1S/C26H23NO7/c1-31-17-11-9-16(10-12-17)26-21(15-7-5-4-6-8-15)20(24(29)33-3)23(28)25(26,30)22-19(34-26)13-18(32-2)14-27-22/h4-14,20-21,30H,1-3H3/t20-,21-,25+,26+/m1/s1. The molecule has 0 spiro atoms. The fraction of sp³-hybridized carbons (Fsp3) is 0.269. The molecule has 3 aromatic rings. The average molecular weight is 461 g/mol. The topological polar surface area (TPSA) is 104 Å². The van der Waals surface area contributed by atoms with Crippen molar-refractivity contribution in [3.05, 3.63) is 83.7 Å². The summed E-state index contributed by atoms with van der Waals surface area (Å²) in [6.45, 7) is 0. The van der Waals surface area contributed by atoms with Crippen LogP contribution < -0.4 is 14.2 Å². The molecule has 2 aliphatic rings. The Bertz CT molecular complexity index is 1260. The van der Waals surface area contributed by atoms with Crippen molar-refractivity contribution in [1.29, 1.82) is 0 Å². The van der Waals surface area contributed by atoms with Gasteiger partial charge in [-0.1, -0.05) is 42.5 Å². The van der Waals surface area contributed by atoms with Crippen LogP contribution in [-0.2, 0) is 25.5 Å². The number of fused-ring (bicyclic) bond motifs is 3. The van der Waals surface area contributed by atoms with Gasteiger partial charge in [0.2, 0.25) is 5.60 Å². The number of Topliss-reactive ketones (excluding diaryl/α,β-unsaturated/α-hetero) is 1. The van der Waals surface area contributed by atoms with E-state index in [-0.39, 0.29) is 11.4 Å². The van der Waals surface area contributed by atoms with Gasteiger partial charge < -0.3 is 24.1 Å². The van der Waals surface area contributed by atoms with E-state index in [4.69, 9.17) is 18.9 Å². The maximum Gasteiger partial charge on any atom is 0.317 e. The van der Waals surface area contributed by atoms with Crippen LogP contribution >= 0.6 is 0 Å². The van der Waals surface area contributed by atoms with Gasteiger partial charge in [-0.05, 0) is 17.7 Å². The van der Waals surface area contributed by atoms with Gasteiger partial charge in [0.05, 0.1) is 33.4 Å². The summed E-state index contributed by atoms with van der Waals surface area (Å²) in [4.78, 5) is 31.3. The summed E-state index contributed by atoms with van der Waals surface area (Å²) in [6, 6.07) is 17.5. The van der Waals surface area contributed by atoms with Gasteiger partial charge in [0, 0.05) is 11.6 Å². The van der Waals surface area contributed by atoms with Gasteiger partial charge in [0.25, 0.3) is 0 Å². The van der Waals surface area contributed by atoms with Gasteiger partial charge in [0.1, 0.15) is 28.9 Å². The highest BCUT2D eigenvalue weighted by Crippen LogP contribution is 2.66. The van der Waals surface area contributed by atoms with Gasteiger partial charge in [0.15, 0.2) is 11.4 Å².